The second-order valence-corrected chi connectivity index (χ2v) is 6.41. The third-order valence-electron chi connectivity index (χ3n) is 1.22. The molecule has 1 heterocycles. The Morgan fingerprint density at radius 2 is 2.15 bits per heavy atom. The topological polar surface area (TPSA) is 63.8 Å². The summed E-state index contributed by atoms with van der Waals surface area (Å²) < 4.78 is 0.266. The highest BCUT2D eigenvalue weighted by Crippen LogP contribution is 2.28. The number of hydrogen-bond donors (Lipinski definition) is 2. The number of thioether (sulfide) groups is 1. The van der Waals surface area contributed by atoms with E-state index in [1.807, 2.05) is 11.8 Å². The first-order chi connectivity index (χ1) is 6.01. The van der Waals surface area contributed by atoms with Gasteiger partial charge < -0.3 is 0 Å². The van der Waals surface area contributed by atoms with Crippen LogP contribution in [0.3, 0.4) is 0 Å². The van der Waals surface area contributed by atoms with Crippen molar-refractivity contribution in [2.75, 3.05) is 5.43 Å². The van der Waals surface area contributed by atoms with Crippen molar-refractivity contribution in [3.05, 3.63) is 5.01 Å². The minimum absolute atomic E-state index is 0.266. The second-order valence-electron chi connectivity index (χ2n) is 3.55. The molecule has 3 N–H and O–H groups in total. The molecule has 0 spiro atoms. The Bertz CT molecular complexity index is 266. The van der Waals surface area contributed by atoms with E-state index in [1.54, 1.807) is 0 Å². The Labute approximate surface area is 86.3 Å². The van der Waals surface area contributed by atoms with E-state index in [0.29, 0.717) is 5.13 Å². The fourth-order valence-corrected chi connectivity index (χ4v) is 2.12. The number of nitrogen functional groups attached to an aromatic ring is 1. The van der Waals surface area contributed by atoms with Crippen LogP contribution < -0.4 is 11.3 Å². The monoisotopic (exact) mass is 218 g/mol. The van der Waals surface area contributed by atoms with Crippen LogP contribution in [0, 0.1) is 0 Å². The Morgan fingerprint density at radius 1 is 1.46 bits per heavy atom. The second kappa shape index (κ2) is 4.26. The average molecular weight is 218 g/mol. The zero-order valence-electron chi connectivity index (χ0n) is 8.00. The van der Waals surface area contributed by atoms with Crippen LogP contribution in [0.4, 0.5) is 5.13 Å². The standard InChI is InChI=1S/C7H14N4S2/c1-7(2,3)12-4-5-10-11-6(9-8)13-5/h4,8H2,1-3H3,(H,9,11). The molecule has 0 radical (unpaired) electrons. The van der Waals surface area contributed by atoms with Gasteiger partial charge in [-0.25, -0.2) is 5.84 Å². The van der Waals surface area contributed by atoms with Crippen molar-refractivity contribution in [1.82, 2.24) is 10.2 Å². The number of hydrogen-bond acceptors (Lipinski definition) is 6. The van der Waals surface area contributed by atoms with Crippen LogP contribution in [-0.4, -0.2) is 14.9 Å². The minimum Gasteiger partial charge on any atom is -0.298 e. The van der Waals surface area contributed by atoms with Gasteiger partial charge in [0.25, 0.3) is 0 Å². The van der Waals surface area contributed by atoms with E-state index in [1.165, 1.54) is 11.3 Å². The van der Waals surface area contributed by atoms with Gasteiger partial charge in [0.2, 0.25) is 5.13 Å². The van der Waals surface area contributed by atoms with Crippen molar-refractivity contribution < 1.29 is 0 Å². The molecule has 74 valence electrons. The van der Waals surface area contributed by atoms with E-state index in [9.17, 15) is 0 Å². The smallest absolute Gasteiger partial charge is 0.219 e. The number of nitrogens with one attached hydrogen (secondary N) is 1. The van der Waals surface area contributed by atoms with Gasteiger partial charge in [-0.3, -0.25) is 5.43 Å². The van der Waals surface area contributed by atoms with Crippen LogP contribution in [0.25, 0.3) is 0 Å². The molecule has 1 rings (SSSR count). The van der Waals surface area contributed by atoms with Gasteiger partial charge in [0.05, 0.1) is 0 Å². The quantitative estimate of drug-likeness (QED) is 0.599. The lowest BCUT2D eigenvalue weighted by molar-refractivity contribution is 0.801. The van der Waals surface area contributed by atoms with Crippen molar-refractivity contribution in [3.8, 4) is 0 Å². The number of aromatic nitrogens is 2. The van der Waals surface area contributed by atoms with Gasteiger partial charge >= 0.3 is 0 Å². The Hall–Kier alpha value is -0.330. The molecule has 6 heteroatoms. The highest BCUT2D eigenvalue weighted by atomic mass is 32.2. The normalized spacial score (nSPS) is 11.7. The van der Waals surface area contributed by atoms with Gasteiger partial charge in [-0.1, -0.05) is 32.1 Å². The third kappa shape index (κ3) is 3.93. The number of nitrogens with two attached hydrogens (primary N) is 1. The van der Waals surface area contributed by atoms with Gasteiger partial charge in [-0.15, -0.1) is 22.0 Å². The first-order valence-corrected chi connectivity index (χ1v) is 5.74. The molecular weight excluding hydrogens is 204 g/mol. The summed E-state index contributed by atoms with van der Waals surface area (Å²) in [5.41, 5.74) is 2.48. The van der Waals surface area contributed by atoms with Crippen LogP contribution >= 0.6 is 23.1 Å². The van der Waals surface area contributed by atoms with Crippen molar-refractivity contribution >= 4 is 28.2 Å². The molecule has 4 nitrogen and oxygen atoms in total. The first kappa shape index (κ1) is 10.7. The summed E-state index contributed by atoms with van der Waals surface area (Å²) in [5, 5.41) is 9.53. The molecular formula is C7H14N4S2. The van der Waals surface area contributed by atoms with E-state index in [-0.39, 0.29) is 4.75 Å². The molecule has 13 heavy (non-hydrogen) atoms. The lowest BCUT2D eigenvalue weighted by atomic mass is 10.3. The van der Waals surface area contributed by atoms with E-state index >= 15 is 0 Å². The van der Waals surface area contributed by atoms with Crippen molar-refractivity contribution in [3.63, 3.8) is 0 Å². The lowest BCUT2D eigenvalue weighted by Gasteiger charge is -2.15. The molecule has 0 saturated carbocycles. The van der Waals surface area contributed by atoms with E-state index in [2.05, 4.69) is 36.4 Å². The van der Waals surface area contributed by atoms with Crippen LogP contribution in [0.2, 0.25) is 0 Å². The molecule has 0 aliphatic heterocycles. The van der Waals surface area contributed by atoms with Crippen LogP contribution in [0.1, 0.15) is 25.8 Å². The maximum absolute atomic E-state index is 5.20. The minimum atomic E-state index is 0.266. The zero-order chi connectivity index (χ0) is 9.90. The molecule has 0 unspecified atom stereocenters. The van der Waals surface area contributed by atoms with Crippen LogP contribution in [0.15, 0.2) is 0 Å². The lowest BCUT2D eigenvalue weighted by Crippen LogP contribution is -2.07. The molecule has 0 aromatic carbocycles. The third-order valence-corrected chi connectivity index (χ3v) is 3.54. The summed E-state index contributed by atoms with van der Waals surface area (Å²) in [6, 6.07) is 0. The van der Waals surface area contributed by atoms with Crippen molar-refractivity contribution in [1.29, 1.82) is 0 Å². The average Bonchev–Trinajstić information content (AvgIpc) is 2.47. The molecule has 0 amide bonds. The summed E-state index contributed by atoms with van der Waals surface area (Å²) in [4.78, 5) is 0. The zero-order valence-corrected chi connectivity index (χ0v) is 9.63. The first-order valence-electron chi connectivity index (χ1n) is 3.94. The van der Waals surface area contributed by atoms with Crippen LogP contribution in [-0.2, 0) is 5.75 Å². The van der Waals surface area contributed by atoms with Crippen LogP contribution in [0.5, 0.6) is 0 Å². The van der Waals surface area contributed by atoms with E-state index in [0.717, 1.165) is 10.8 Å². The molecule has 0 atom stereocenters. The van der Waals surface area contributed by atoms with Gasteiger partial charge in [0.15, 0.2) is 0 Å². The maximum Gasteiger partial charge on any atom is 0.219 e. The van der Waals surface area contributed by atoms with Gasteiger partial charge in [-0.2, -0.15) is 0 Å². The number of rotatable bonds is 3. The Kier molecular flexibility index (Phi) is 3.52. The highest BCUT2D eigenvalue weighted by molar-refractivity contribution is 7.99. The molecule has 0 aliphatic rings. The summed E-state index contributed by atoms with van der Waals surface area (Å²) in [7, 11) is 0. The van der Waals surface area contributed by atoms with E-state index in [4.69, 9.17) is 5.84 Å². The largest absolute Gasteiger partial charge is 0.298 e. The molecule has 0 saturated heterocycles. The number of hydrazine groups is 1. The summed E-state index contributed by atoms with van der Waals surface area (Å²) in [6.07, 6.45) is 0. The summed E-state index contributed by atoms with van der Waals surface area (Å²) >= 11 is 3.34. The fourth-order valence-electron chi connectivity index (χ4n) is 0.649. The molecule has 0 fully saturated rings. The molecule has 0 aliphatic carbocycles. The van der Waals surface area contributed by atoms with E-state index < -0.39 is 0 Å². The molecule has 1 aromatic heterocycles. The number of anilines is 1. The van der Waals surface area contributed by atoms with Gasteiger partial charge in [0.1, 0.15) is 5.01 Å². The van der Waals surface area contributed by atoms with Crippen molar-refractivity contribution in [2.45, 2.75) is 31.3 Å². The SMILES string of the molecule is CC(C)(C)SCc1nnc(NN)s1. The predicted molar refractivity (Wildman–Crippen MR) is 58.8 cm³/mol. The Balaban J connectivity index is 2.46. The predicted octanol–water partition coefficient (Wildman–Crippen LogP) is 1.86. The fraction of sp³-hybridized carbons (Fsp3) is 0.714. The van der Waals surface area contributed by atoms with Gasteiger partial charge in [0, 0.05) is 10.5 Å². The van der Waals surface area contributed by atoms with Crippen molar-refractivity contribution in [2.24, 2.45) is 5.84 Å². The molecule has 0 bridgehead atoms. The number of nitrogens with zero attached hydrogens (tertiary/aromatic N) is 2. The summed E-state index contributed by atoms with van der Waals surface area (Å²) in [6.45, 7) is 6.54. The Morgan fingerprint density at radius 3 is 2.62 bits per heavy atom. The summed E-state index contributed by atoms with van der Waals surface area (Å²) in [5.74, 6) is 6.09. The maximum atomic E-state index is 5.20. The van der Waals surface area contributed by atoms with Gasteiger partial charge in [-0.05, 0) is 0 Å². The molecule has 1 aromatic rings. The highest BCUT2D eigenvalue weighted by Gasteiger charge is 2.12.